The van der Waals surface area contributed by atoms with E-state index in [4.69, 9.17) is 20.2 Å². The standard InChI is InChI=1S/C27H33N5O3/c1-34-22-17-20-21(18-23(22)35-2)29-26(30-24(20)28)32-15-13-31(14-16-32)25(33)27(11-7-4-8-12-27)19-9-5-3-6-10-19/h3,5-6,9-10,17-18H,4,7-8,11-16H2,1-2H3,(H2,28,29,30). The van der Waals surface area contributed by atoms with Crippen LogP contribution in [0.2, 0.25) is 0 Å². The highest BCUT2D eigenvalue weighted by molar-refractivity contribution is 5.92. The molecule has 1 saturated heterocycles. The van der Waals surface area contributed by atoms with Crippen LogP contribution in [-0.2, 0) is 10.2 Å². The van der Waals surface area contributed by atoms with E-state index in [0.29, 0.717) is 55.0 Å². The summed E-state index contributed by atoms with van der Waals surface area (Å²) in [4.78, 5) is 27.4. The first-order valence-corrected chi connectivity index (χ1v) is 12.3. The number of methoxy groups -OCH3 is 2. The minimum absolute atomic E-state index is 0.263. The number of piperazine rings is 1. The van der Waals surface area contributed by atoms with Gasteiger partial charge in [0.25, 0.3) is 0 Å². The molecule has 0 radical (unpaired) electrons. The Bertz CT molecular complexity index is 1200. The molecule has 0 bridgehead atoms. The number of nitrogen functional groups attached to an aromatic ring is 1. The van der Waals surface area contributed by atoms with Crippen molar-refractivity contribution in [1.82, 2.24) is 14.9 Å². The second kappa shape index (κ2) is 9.60. The first-order valence-electron chi connectivity index (χ1n) is 12.3. The van der Waals surface area contributed by atoms with E-state index in [9.17, 15) is 4.79 Å². The molecule has 2 fully saturated rings. The van der Waals surface area contributed by atoms with Gasteiger partial charge in [-0.2, -0.15) is 4.98 Å². The molecule has 2 aliphatic rings. The van der Waals surface area contributed by atoms with E-state index < -0.39 is 5.41 Å². The van der Waals surface area contributed by atoms with Crippen LogP contribution in [0.1, 0.15) is 37.7 Å². The summed E-state index contributed by atoms with van der Waals surface area (Å²) in [6.45, 7) is 2.60. The van der Waals surface area contributed by atoms with Gasteiger partial charge in [-0.15, -0.1) is 0 Å². The summed E-state index contributed by atoms with van der Waals surface area (Å²) in [5.74, 6) is 2.42. The topological polar surface area (TPSA) is 93.8 Å². The smallest absolute Gasteiger partial charge is 0.233 e. The Morgan fingerprint density at radius 2 is 1.57 bits per heavy atom. The second-order valence-electron chi connectivity index (χ2n) is 9.42. The van der Waals surface area contributed by atoms with Gasteiger partial charge >= 0.3 is 0 Å². The molecule has 1 aromatic heterocycles. The van der Waals surface area contributed by atoms with E-state index >= 15 is 0 Å². The van der Waals surface area contributed by atoms with E-state index in [0.717, 1.165) is 36.6 Å². The molecule has 184 valence electrons. The Hall–Kier alpha value is -3.55. The first kappa shape index (κ1) is 23.2. The third-order valence-electron chi connectivity index (χ3n) is 7.51. The Labute approximate surface area is 206 Å². The molecular weight excluding hydrogens is 442 g/mol. The van der Waals surface area contributed by atoms with Crippen molar-refractivity contribution < 1.29 is 14.3 Å². The number of nitrogens with zero attached hydrogens (tertiary/aromatic N) is 4. The van der Waals surface area contributed by atoms with E-state index in [-0.39, 0.29) is 5.91 Å². The van der Waals surface area contributed by atoms with E-state index in [1.807, 2.05) is 29.2 Å². The molecule has 2 heterocycles. The van der Waals surface area contributed by atoms with Crippen molar-refractivity contribution in [2.45, 2.75) is 37.5 Å². The summed E-state index contributed by atoms with van der Waals surface area (Å²) in [5.41, 5.74) is 7.75. The molecule has 3 aromatic rings. The lowest BCUT2D eigenvalue weighted by Crippen LogP contribution is -2.55. The molecule has 0 spiro atoms. The maximum atomic E-state index is 13.9. The summed E-state index contributed by atoms with van der Waals surface area (Å²) in [7, 11) is 3.19. The number of aromatic nitrogens is 2. The van der Waals surface area contributed by atoms with Crippen LogP contribution in [0.3, 0.4) is 0 Å². The van der Waals surface area contributed by atoms with Gasteiger partial charge < -0.3 is 25.0 Å². The Morgan fingerprint density at radius 3 is 2.23 bits per heavy atom. The zero-order valence-electron chi connectivity index (χ0n) is 20.5. The Morgan fingerprint density at radius 1 is 0.914 bits per heavy atom. The molecule has 8 nitrogen and oxygen atoms in total. The van der Waals surface area contributed by atoms with E-state index in [1.54, 1.807) is 20.3 Å². The van der Waals surface area contributed by atoms with E-state index in [1.165, 1.54) is 6.42 Å². The highest BCUT2D eigenvalue weighted by atomic mass is 16.5. The summed E-state index contributed by atoms with van der Waals surface area (Å²) in [6.07, 6.45) is 5.24. The fourth-order valence-corrected chi connectivity index (χ4v) is 5.56. The lowest BCUT2D eigenvalue weighted by Gasteiger charge is -2.43. The predicted molar refractivity (Wildman–Crippen MR) is 137 cm³/mol. The normalized spacial score (nSPS) is 17.9. The first-order chi connectivity index (χ1) is 17.1. The van der Waals surface area contributed by atoms with Crippen molar-refractivity contribution in [2.75, 3.05) is 51.0 Å². The lowest BCUT2D eigenvalue weighted by atomic mass is 9.68. The van der Waals surface area contributed by atoms with Gasteiger partial charge in [-0.1, -0.05) is 49.6 Å². The zero-order chi connectivity index (χ0) is 24.4. The fourth-order valence-electron chi connectivity index (χ4n) is 5.56. The van der Waals surface area contributed by atoms with Gasteiger partial charge in [0.05, 0.1) is 25.2 Å². The minimum Gasteiger partial charge on any atom is -0.493 e. The van der Waals surface area contributed by atoms with Crippen molar-refractivity contribution in [3.8, 4) is 11.5 Å². The van der Waals surface area contributed by atoms with Crippen LogP contribution in [0.5, 0.6) is 11.5 Å². The maximum absolute atomic E-state index is 13.9. The summed E-state index contributed by atoms with van der Waals surface area (Å²) < 4.78 is 10.8. The van der Waals surface area contributed by atoms with Gasteiger partial charge in [0.15, 0.2) is 11.5 Å². The van der Waals surface area contributed by atoms with Crippen LogP contribution in [0, 0.1) is 0 Å². The van der Waals surface area contributed by atoms with Crippen LogP contribution >= 0.6 is 0 Å². The molecule has 1 amide bonds. The van der Waals surface area contributed by atoms with Crippen LogP contribution in [0.25, 0.3) is 10.9 Å². The van der Waals surface area contributed by atoms with Crippen LogP contribution in [0.15, 0.2) is 42.5 Å². The quantitative estimate of drug-likeness (QED) is 0.600. The molecule has 2 N–H and O–H groups in total. The number of carbonyl (C=O) groups is 1. The number of carbonyl (C=O) groups excluding carboxylic acids is 1. The van der Waals surface area contributed by atoms with Crippen molar-refractivity contribution in [1.29, 1.82) is 0 Å². The molecule has 2 aromatic carbocycles. The van der Waals surface area contributed by atoms with Gasteiger partial charge in [0, 0.05) is 37.6 Å². The Balaban J connectivity index is 1.36. The van der Waals surface area contributed by atoms with Crippen LogP contribution in [-0.4, -0.2) is 61.2 Å². The number of rotatable bonds is 5. The number of ether oxygens (including phenoxy) is 2. The number of amides is 1. The third kappa shape index (κ3) is 4.22. The molecular formula is C27H33N5O3. The van der Waals surface area contributed by atoms with Gasteiger partial charge in [0.2, 0.25) is 11.9 Å². The van der Waals surface area contributed by atoms with E-state index in [2.05, 4.69) is 22.0 Å². The molecule has 1 aliphatic heterocycles. The zero-order valence-corrected chi connectivity index (χ0v) is 20.5. The maximum Gasteiger partial charge on any atom is 0.233 e. The number of nitrogens with two attached hydrogens (primary N) is 1. The molecule has 0 unspecified atom stereocenters. The minimum atomic E-state index is -0.402. The van der Waals surface area contributed by atoms with Gasteiger partial charge in [-0.3, -0.25) is 4.79 Å². The predicted octanol–water partition coefficient (Wildman–Crippen LogP) is 3.78. The van der Waals surface area contributed by atoms with Crippen molar-refractivity contribution >= 4 is 28.6 Å². The number of anilines is 2. The lowest BCUT2D eigenvalue weighted by molar-refractivity contribution is -0.139. The van der Waals surface area contributed by atoms with Gasteiger partial charge in [-0.05, 0) is 24.5 Å². The highest BCUT2D eigenvalue weighted by Gasteiger charge is 2.44. The summed E-state index contributed by atoms with van der Waals surface area (Å²) in [5, 5.41) is 0.724. The third-order valence-corrected chi connectivity index (χ3v) is 7.51. The SMILES string of the molecule is COc1cc2nc(N3CCN(C(=O)C4(c5ccccc5)CCCCC4)CC3)nc(N)c2cc1OC. The molecule has 1 saturated carbocycles. The number of hydrogen-bond donors (Lipinski definition) is 1. The van der Waals surface area contributed by atoms with Crippen molar-refractivity contribution in [3.05, 3.63) is 48.0 Å². The number of fused-ring (bicyclic) bond motifs is 1. The molecule has 1 aliphatic carbocycles. The molecule has 5 rings (SSSR count). The highest BCUT2D eigenvalue weighted by Crippen LogP contribution is 2.41. The number of hydrogen-bond acceptors (Lipinski definition) is 7. The fraction of sp³-hybridized carbons (Fsp3) is 0.444. The van der Waals surface area contributed by atoms with Crippen LogP contribution in [0.4, 0.5) is 11.8 Å². The average molecular weight is 476 g/mol. The summed E-state index contributed by atoms with van der Waals surface area (Å²) in [6, 6.07) is 14.0. The number of benzene rings is 2. The van der Waals surface area contributed by atoms with Gasteiger partial charge in [0.1, 0.15) is 5.82 Å². The summed E-state index contributed by atoms with van der Waals surface area (Å²) >= 11 is 0. The second-order valence-corrected chi connectivity index (χ2v) is 9.42. The molecule has 0 atom stereocenters. The van der Waals surface area contributed by atoms with Crippen molar-refractivity contribution in [3.63, 3.8) is 0 Å². The molecule has 35 heavy (non-hydrogen) atoms. The molecule has 8 heteroatoms. The van der Waals surface area contributed by atoms with Gasteiger partial charge in [-0.25, -0.2) is 4.98 Å². The Kier molecular flexibility index (Phi) is 6.36. The van der Waals surface area contributed by atoms with Crippen LogP contribution < -0.4 is 20.1 Å². The monoisotopic (exact) mass is 475 g/mol. The largest absolute Gasteiger partial charge is 0.493 e. The van der Waals surface area contributed by atoms with Crippen molar-refractivity contribution in [2.24, 2.45) is 0 Å². The average Bonchev–Trinajstić information content (AvgIpc) is 2.92.